The molecule has 2 aromatic rings. The van der Waals surface area contributed by atoms with Crippen LogP contribution in [0.1, 0.15) is 11.3 Å². The highest BCUT2D eigenvalue weighted by Gasteiger charge is 1.98. The van der Waals surface area contributed by atoms with Crippen molar-refractivity contribution in [1.29, 1.82) is 0 Å². The van der Waals surface area contributed by atoms with E-state index >= 15 is 0 Å². The smallest absolute Gasteiger partial charge is 0.0490 e. The largest absolute Gasteiger partial charge is 0.311 e. The Morgan fingerprint density at radius 1 is 1.24 bits per heavy atom. The second-order valence-corrected chi connectivity index (χ2v) is 4.45. The lowest BCUT2D eigenvalue weighted by Crippen LogP contribution is -2.17. The Labute approximate surface area is 116 Å². The number of aromatic nitrogens is 2. The summed E-state index contributed by atoms with van der Waals surface area (Å²) in [5.74, 6) is 0. The highest BCUT2D eigenvalue weighted by molar-refractivity contribution is 9.10. The van der Waals surface area contributed by atoms with Gasteiger partial charge in [-0.25, -0.2) is 0 Å². The Morgan fingerprint density at radius 2 is 2.06 bits per heavy atom. The second kappa shape index (κ2) is 7.48. The van der Waals surface area contributed by atoms with Gasteiger partial charge in [-0.1, -0.05) is 34.1 Å². The van der Waals surface area contributed by atoms with E-state index in [0.29, 0.717) is 0 Å². The standard InChI is InChI=1S/C12H14BrN3.ClH/c13-12-4-2-1-3-10(12)5-7-14-9-11-6-8-15-16-11;/h1-4,6,8,14H,5,7,9H2,(H,15,16);1H. The summed E-state index contributed by atoms with van der Waals surface area (Å²) in [7, 11) is 0. The molecule has 2 rings (SSSR count). The van der Waals surface area contributed by atoms with Crippen molar-refractivity contribution in [3.05, 3.63) is 52.3 Å². The summed E-state index contributed by atoms with van der Waals surface area (Å²) in [6.07, 6.45) is 2.79. The number of nitrogens with zero attached hydrogens (tertiary/aromatic N) is 1. The summed E-state index contributed by atoms with van der Waals surface area (Å²) in [6.45, 7) is 1.80. The average Bonchev–Trinajstić information content (AvgIpc) is 2.79. The molecule has 0 fully saturated rings. The number of benzene rings is 1. The lowest BCUT2D eigenvalue weighted by molar-refractivity contribution is 0.672. The van der Waals surface area contributed by atoms with E-state index in [4.69, 9.17) is 0 Å². The summed E-state index contributed by atoms with van der Waals surface area (Å²) in [6, 6.07) is 10.3. The molecule has 3 nitrogen and oxygen atoms in total. The van der Waals surface area contributed by atoms with Gasteiger partial charge in [-0.2, -0.15) is 5.10 Å². The van der Waals surface area contributed by atoms with E-state index in [9.17, 15) is 0 Å². The SMILES string of the molecule is Brc1ccccc1CCNCc1ccn[nH]1.Cl. The van der Waals surface area contributed by atoms with Crippen molar-refractivity contribution in [3.63, 3.8) is 0 Å². The Balaban J connectivity index is 0.00000144. The average molecular weight is 317 g/mol. The molecule has 1 aromatic heterocycles. The lowest BCUT2D eigenvalue weighted by Gasteiger charge is -2.05. The minimum absolute atomic E-state index is 0. The maximum absolute atomic E-state index is 3.90. The first-order valence-electron chi connectivity index (χ1n) is 5.28. The maximum Gasteiger partial charge on any atom is 0.0490 e. The van der Waals surface area contributed by atoms with Crippen molar-refractivity contribution in [2.45, 2.75) is 13.0 Å². The molecule has 2 N–H and O–H groups in total. The first-order valence-corrected chi connectivity index (χ1v) is 6.08. The first-order chi connectivity index (χ1) is 7.86. The summed E-state index contributed by atoms with van der Waals surface area (Å²) in [5.41, 5.74) is 2.45. The van der Waals surface area contributed by atoms with Crippen LogP contribution in [0.15, 0.2) is 41.0 Å². The normalized spacial score (nSPS) is 9.94. The van der Waals surface area contributed by atoms with Crippen molar-refractivity contribution in [1.82, 2.24) is 15.5 Å². The van der Waals surface area contributed by atoms with Crippen molar-refractivity contribution in [2.24, 2.45) is 0 Å². The molecule has 17 heavy (non-hydrogen) atoms. The third-order valence-corrected chi connectivity index (χ3v) is 3.18. The van der Waals surface area contributed by atoms with Crippen molar-refractivity contribution in [3.8, 4) is 0 Å². The Bertz CT molecular complexity index is 431. The number of hydrogen-bond donors (Lipinski definition) is 2. The van der Waals surface area contributed by atoms with Gasteiger partial charge in [0.1, 0.15) is 0 Å². The van der Waals surface area contributed by atoms with E-state index in [0.717, 1.165) is 25.2 Å². The molecule has 0 atom stereocenters. The van der Waals surface area contributed by atoms with Gasteiger partial charge in [0.25, 0.3) is 0 Å². The van der Waals surface area contributed by atoms with Crippen molar-refractivity contribution >= 4 is 28.3 Å². The number of H-pyrrole nitrogens is 1. The fourth-order valence-electron chi connectivity index (χ4n) is 1.53. The molecule has 0 bridgehead atoms. The predicted molar refractivity (Wildman–Crippen MR) is 75.4 cm³/mol. The molecule has 0 saturated carbocycles. The van der Waals surface area contributed by atoms with Crippen LogP contribution in [0.25, 0.3) is 0 Å². The summed E-state index contributed by atoms with van der Waals surface area (Å²) in [5, 5.41) is 10.2. The molecular formula is C12H15BrClN3. The molecular weight excluding hydrogens is 302 g/mol. The zero-order valence-corrected chi connectivity index (χ0v) is 11.7. The molecule has 0 unspecified atom stereocenters. The molecule has 92 valence electrons. The van der Waals surface area contributed by atoms with E-state index in [1.54, 1.807) is 6.20 Å². The number of nitrogens with one attached hydrogen (secondary N) is 2. The van der Waals surface area contributed by atoms with Crippen LogP contribution in [0.4, 0.5) is 0 Å². The molecule has 0 radical (unpaired) electrons. The number of hydrogen-bond acceptors (Lipinski definition) is 2. The third-order valence-electron chi connectivity index (χ3n) is 2.40. The molecule has 0 aliphatic heterocycles. The molecule has 0 aliphatic carbocycles. The van der Waals surface area contributed by atoms with Crippen LogP contribution in [-0.2, 0) is 13.0 Å². The van der Waals surface area contributed by atoms with Gasteiger partial charge in [0, 0.05) is 22.9 Å². The first kappa shape index (κ1) is 14.2. The Hall–Kier alpha value is -0.840. The van der Waals surface area contributed by atoms with Gasteiger partial charge in [0.05, 0.1) is 0 Å². The number of aromatic amines is 1. The van der Waals surface area contributed by atoms with Crippen LogP contribution in [0.5, 0.6) is 0 Å². The van der Waals surface area contributed by atoms with Crippen molar-refractivity contribution in [2.75, 3.05) is 6.54 Å². The quantitative estimate of drug-likeness (QED) is 0.833. The molecule has 0 aliphatic rings. The molecule has 1 aromatic carbocycles. The monoisotopic (exact) mass is 315 g/mol. The second-order valence-electron chi connectivity index (χ2n) is 3.60. The minimum atomic E-state index is 0. The number of halogens is 2. The van der Waals surface area contributed by atoms with Gasteiger partial charge in [0.15, 0.2) is 0 Å². The molecule has 0 saturated heterocycles. The highest BCUT2D eigenvalue weighted by Crippen LogP contribution is 2.15. The number of rotatable bonds is 5. The van der Waals surface area contributed by atoms with E-state index in [1.807, 2.05) is 12.1 Å². The molecule has 0 spiro atoms. The van der Waals surface area contributed by atoms with Gasteiger partial charge in [-0.05, 0) is 30.7 Å². The van der Waals surface area contributed by atoms with Crippen LogP contribution >= 0.6 is 28.3 Å². The molecule has 0 amide bonds. The van der Waals surface area contributed by atoms with E-state index in [-0.39, 0.29) is 12.4 Å². The zero-order valence-electron chi connectivity index (χ0n) is 9.32. The zero-order chi connectivity index (χ0) is 11.2. The fraction of sp³-hybridized carbons (Fsp3) is 0.250. The Morgan fingerprint density at radius 3 is 2.76 bits per heavy atom. The lowest BCUT2D eigenvalue weighted by atomic mass is 10.1. The fourth-order valence-corrected chi connectivity index (χ4v) is 2.01. The van der Waals surface area contributed by atoms with Gasteiger partial charge in [0.2, 0.25) is 0 Å². The summed E-state index contributed by atoms with van der Waals surface area (Å²) >= 11 is 3.54. The summed E-state index contributed by atoms with van der Waals surface area (Å²) < 4.78 is 1.18. The molecule has 5 heteroatoms. The van der Waals surface area contributed by atoms with Crippen LogP contribution in [-0.4, -0.2) is 16.7 Å². The molecule has 1 heterocycles. The van der Waals surface area contributed by atoms with Gasteiger partial charge in [-0.3, -0.25) is 5.10 Å². The van der Waals surface area contributed by atoms with E-state index < -0.39 is 0 Å². The van der Waals surface area contributed by atoms with Gasteiger partial charge < -0.3 is 5.32 Å². The van der Waals surface area contributed by atoms with Crippen LogP contribution in [0.2, 0.25) is 0 Å². The van der Waals surface area contributed by atoms with E-state index in [1.165, 1.54) is 10.0 Å². The minimum Gasteiger partial charge on any atom is -0.311 e. The maximum atomic E-state index is 3.90. The van der Waals surface area contributed by atoms with Crippen LogP contribution in [0, 0.1) is 0 Å². The van der Waals surface area contributed by atoms with E-state index in [2.05, 4.69) is 49.6 Å². The predicted octanol–water partition coefficient (Wildman–Crippen LogP) is 2.93. The van der Waals surface area contributed by atoms with Crippen LogP contribution in [0.3, 0.4) is 0 Å². The van der Waals surface area contributed by atoms with Gasteiger partial charge in [-0.15, -0.1) is 12.4 Å². The Kier molecular flexibility index (Phi) is 6.26. The highest BCUT2D eigenvalue weighted by atomic mass is 79.9. The third kappa shape index (κ3) is 4.50. The summed E-state index contributed by atoms with van der Waals surface area (Å²) in [4.78, 5) is 0. The van der Waals surface area contributed by atoms with Crippen LogP contribution < -0.4 is 5.32 Å². The topological polar surface area (TPSA) is 40.7 Å². The van der Waals surface area contributed by atoms with Crippen molar-refractivity contribution < 1.29 is 0 Å². The van der Waals surface area contributed by atoms with Gasteiger partial charge >= 0.3 is 0 Å².